The Morgan fingerprint density at radius 1 is 1.33 bits per heavy atom. The summed E-state index contributed by atoms with van der Waals surface area (Å²) in [5.41, 5.74) is 0. The van der Waals surface area contributed by atoms with Crippen molar-refractivity contribution in [3.8, 4) is 0 Å². The summed E-state index contributed by atoms with van der Waals surface area (Å²) >= 11 is 0. The van der Waals surface area contributed by atoms with E-state index in [1.807, 2.05) is 0 Å². The molecule has 1 heterocycles. The molecule has 1 fully saturated rings. The summed E-state index contributed by atoms with van der Waals surface area (Å²) < 4.78 is 0. The van der Waals surface area contributed by atoms with Crippen LogP contribution in [0, 0.1) is 11.8 Å². The molecule has 1 aliphatic rings. The van der Waals surface area contributed by atoms with E-state index in [1.165, 1.54) is 32.5 Å². The smallest absolute Gasteiger partial charge is 0.0107 e. The summed E-state index contributed by atoms with van der Waals surface area (Å²) in [5, 5.41) is 3.56. The molecule has 0 aromatic rings. The number of nitrogens with one attached hydrogen (secondary N) is 1. The molecule has 2 atom stereocenters. The molecule has 0 aromatic heterocycles. The predicted molar refractivity (Wildman–Crippen MR) is 67.1 cm³/mol. The minimum absolute atomic E-state index is 0.675. The molecule has 2 nitrogen and oxygen atoms in total. The van der Waals surface area contributed by atoms with Gasteiger partial charge in [0.1, 0.15) is 0 Å². The standard InChI is InChI=1S/C13H28N2/c1-5-12(4)14-7-9-15-8-6-13(10-15)11(2)3/h11-14H,5-10H2,1-4H3. The highest BCUT2D eigenvalue weighted by Gasteiger charge is 2.24. The van der Waals surface area contributed by atoms with Gasteiger partial charge < -0.3 is 10.2 Å². The van der Waals surface area contributed by atoms with Gasteiger partial charge in [-0.2, -0.15) is 0 Å². The van der Waals surface area contributed by atoms with Crippen molar-refractivity contribution < 1.29 is 0 Å². The van der Waals surface area contributed by atoms with E-state index in [0.29, 0.717) is 6.04 Å². The van der Waals surface area contributed by atoms with E-state index in [0.717, 1.165) is 18.4 Å². The molecule has 2 heteroatoms. The fraction of sp³-hybridized carbons (Fsp3) is 1.00. The fourth-order valence-corrected chi connectivity index (χ4v) is 2.22. The van der Waals surface area contributed by atoms with E-state index >= 15 is 0 Å². The van der Waals surface area contributed by atoms with Crippen LogP contribution in [0.4, 0.5) is 0 Å². The second-order valence-corrected chi connectivity index (χ2v) is 5.36. The number of hydrogen-bond acceptors (Lipinski definition) is 2. The third-order valence-electron chi connectivity index (χ3n) is 3.78. The molecule has 0 aromatic carbocycles. The second-order valence-electron chi connectivity index (χ2n) is 5.36. The summed E-state index contributed by atoms with van der Waals surface area (Å²) in [6, 6.07) is 0.675. The van der Waals surface area contributed by atoms with Crippen LogP contribution in [0.25, 0.3) is 0 Å². The van der Waals surface area contributed by atoms with Crippen LogP contribution in [-0.2, 0) is 0 Å². The number of rotatable bonds is 6. The molecular weight excluding hydrogens is 184 g/mol. The largest absolute Gasteiger partial charge is 0.313 e. The van der Waals surface area contributed by atoms with Crippen molar-refractivity contribution in [3.05, 3.63) is 0 Å². The lowest BCUT2D eigenvalue weighted by molar-refractivity contribution is 0.297. The van der Waals surface area contributed by atoms with E-state index in [1.54, 1.807) is 0 Å². The third kappa shape index (κ3) is 4.52. The van der Waals surface area contributed by atoms with Gasteiger partial charge in [-0.1, -0.05) is 20.8 Å². The molecule has 0 aliphatic carbocycles. The summed E-state index contributed by atoms with van der Waals surface area (Å²) in [4.78, 5) is 2.61. The SMILES string of the molecule is CCC(C)NCCN1CCC(C(C)C)C1. The normalized spacial score (nSPS) is 25.0. The second kappa shape index (κ2) is 6.49. The van der Waals surface area contributed by atoms with Gasteiger partial charge in [-0.25, -0.2) is 0 Å². The quantitative estimate of drug-likeness (QED) is 0.727. The van der Waals surface area contributed by atoms with Gasteiger partial charge in [0, 0.05) is 25.7 Å². The summed E-state index contributed by atoms with van der Waals surface area (Å²) in [6.45, 7) is 14.2. The Kier molecular flexibility index (Phi) is 5.62. The lowest BCUT2D eigenvalue weighted by atomic mass is 9.95. The van der Waals surface area contributed by atoms with Gasteiger partial charge in [-0.3, -0.25) is 0 Å². The first-order valence-corrected chi connectivity index (χ1v) is 6.59. The van der Waals surface area contributed by atoms with E-state index < -0.39 is 0 Å². The van der Waals surface area contributed by atoms with E-state index in [4.69, 9.17) is 0 Å². The maximum Gasteiger partial charge on any atom is 0.0107 e. The summed E-state index contributed by atoms with van der Waals surface area (Å²) in [6.07, 6.45) is 2.63. The Morgan fingerprint density at radius 3 is 2.60 bits per heavy atom. The molecule has 1 N–H and O–H groups in total. The molecule has 1 aliphatic heterocycles. The van der Waals surface area contributed by atoms with Gasteiger partial charge in [-0.05, 0) is 38.1 Å². The molecule has 15 heavy (non-hydrogen) atoms. The molecular formula is C13H28N2. The van der Waals surface area contributed by atoms with Crippen molar-refractivity contribution in [2.75, 3.05) is 26.2 Å². The zero-order valence-electron chi connectivity index (χ0n) is 10.9. The van der Waals surface area contributed by atoms with Gasteiger partial charge in [0.25, 0.3) is 0 Å². The molecule has 1 saturated heterocycles. The number of hydrogen-bond donors (Lipinski definition) is 1. The van der Waals surface area contributed by atoms with Crippen molar-refractivity contribution in [2.24, 2.45) is 11.8 Å². The highest BCUT2D eigenvalue weighted by molar-refractivity contribution is 4.78. The predicted octanol–water partition coefficient (Wildman–Crippen LogP) is 2.35. The molecule has 0 saturated carbocycles. The van der Waals surface area contributed by atoms with E-state index in [-0.39, 0.29) is 0 Å². The van der Waals surface area contributed by atoms with Crippen molar-refractivity contribution in [1.82, 2.24) is 10.2 Å². The van der Waals surface area contributed by atoms with Gasteiger partial charge in [-0.15, -0.1) is 0 Å². The number of nitrogens with zero attached hydrogens (tertiary/aromatic N) is 1. The average molecular weight is 212 g/mol. The lowest BCUT2D eigenvalue weighted by Crippen LogP contribution is -2.35. The molecule has 0 bridgehead atoms. The van der Waals surface area contributed by atoms with Gasteiger partial charge in [0.2, 0.25) is 0 Å². The first-order chi connectivity index (χ1) is 7.13. The van der Waals surface area contributed by atoms with Crippen LogP contribution in [0.15, 0.2) is 0 Å². The Morgan fingerprint density at radius 2 is 2.07 bits per heavy atom. The first-order valence-electron chi connectivity index (χ1n) is 6.59. The maximum atomic E-state index is 3.56. The average Bonchev–Trinajstić information content (AvgIpc) is 2.66. The van der Waals surface area contributed by atoms with Crippen LogP contribution in [-0.4, -0.2) is 37.1 Å². The molecule has 1 rings (SSSR count). The van der Waals surface area contributed by atoms with Crippen LogP contribution < -0.4 is 5.32 Å². The lowest BCUT2D eigenvalue weighted by Gasteiger charge is -2.19. The van der Waals surface area contributed by atoms with Gasteiger partial charge >= 0.3 is 0 Å². The van der Waals surface area contributed by atoms with E-state index in [9.17, 15) is 0 Å². The minimum Gasteiger partial charge on any atom is -0.313 e. The number of likely N-dealkylation sites (tertiary alicyclic amines) is 1. The molecule has 0 radical (unpaired) electrons. The highest BCUT2D eigenvalue weighted by Crippen LogP contribution is 2.22. The molecule has 90 valence electrons. The van der Waals surface area contributed by atoms with Gasteiger partial charge in [0.05, 0.1) is 0 Å². The first kappa shape index (κ1) is 13.0. The van der Waals surface area contributed by atoms with Crippen molar-refractivity contribution in [2.45, 2.75) is 46.6 Å². The van der Waals surface area contributed by atoms with Crippen LogP contribution in [0.5, 0.6) is 0 Å². The Labute approximate surface area is 95.4 Å². The summed E-state index contributed by atoms with van der Waals surface area (Å²) in [7, 11) is 0. The molecule has 2 unspecified atom stereocenters. The Bertz CT molecular complexity index is 168. The Balaban J connectivity index is 2.09. The van der Waals surface area contributed by atoms with E-state index in [2.05, 4.69) is 37.9 Å². The van der Waals surface area contributed by atoms with Crippen molar-refractivity contribution in [3.63, 3.8) is 0 Å². The van der Waals surface area contributed by atoms with Crippen LogP contribution in [0.1, 0.15) is 40.5 Å². The van der Waals surface area contributed by atoms with Crippen molar-refractivity contribution >= 4 is 0 Å². The van der Waals surface area contributed by atoms with Crippen molar-refractivity contribution in [1.29, 1.82) is 0 Å². The monoisotopic (exact) mass is 212 g/mol. The zero-order chi connectivity index (χ0) is 11.3. The minimum atomic E-state index is 0.675. The fourth-order valence-electron chi connectivity index (χ4n) is 2.22. The molecule has 0 amide bonds. The van der Waals surface area contributed by atoms with Crippen LogP contribution in [0.2, 0.25) is 0 Å². The van der Waals surface area contributed by atoms with Crippen LogP contribution >= 0.6 is 0 Å². The maximum absolute atomic E-state index is 3.56. The highest BCUT2D eigenvalue weighted by atomic mass is 15.2. The Hall–Kier alpha value is -0.0800. The van der Waals surface area contributed by atoms with Crippen LogP contribution in [0.3, 0.4) is 0 Å². The van der Waals surface area contributed by atoms with Gasteiger partial charge in [0.15, 0.2) is 0 Å². The topological polar surface area (TPSA) is 15.3 Å². The molecule has 0 spiro atoms. The zero-order valence-corrected chi connectivity index (χ0v) is 10.9. The third-order valence-corrected chi connectivity index (χ3v) is 3.78. The summed E-state index contributed by atoms with van der Waals surface area (Å²) in [5.74, 6) is 1.80.